The molecule has 1 heterocycles. The molecule has 0 radical (unpaired) electrons. The highest BCUT2D eigenvalue weighted by Crippen LogP contribution is 2.16. The molecule has 0 aliphatic heterocycles. The van der Waals surface area contributed by atoms with Crippen LogP contribution in [0, 0.1) is 0 Å². The predicted octanol–water partition coefficient (Wildman–Crippen LogP) is 1.66. The molecule has 0 saturated heterocycles. The van der Waals surface area contributed by atoms with Crippen molar-refractivity contribution in [1.29, 1.82) is 0 Å². The summed E-state index contributed by atoms with van der Waals surface area (Å²) in [6, 6.07) is 5.55. The summed E-state index contributed by atoms with van der Waals surface area (Å²) in [6.45, 7) is 1.67. The molecule has 0 bridgehead atoms. The maximum Gasteiger partial charge on any atom is 0.224 e. The molecule has 0 aliphatic rings. The largest absolute Gasteiger partial charge is 0.393 e. The molecule has 0 fully saturated rings. The van der Waals surface area contributed by atoms with Gasteiger partial charge >= 0.3 is 0 Å². The lowest BCUT2D eigenvalue weighted by atomic mass is 10.2. The number of rotatable bonds is 4. The lowest BCUT2D eigenvalue weighted by Gasteiger charge is -2.06. The Morgan fingerprint density at radius 1 is 1.59 bits per heavy atom. The molecular weight excluding hydrogens is 218 g/mol. The third-order valence-electron chi connectivity index (χ3n) is 2.51. The van der Waals surface area contributed by atoms with Crippen LogP contribution in [0.5, 0.6) is 0 Å². The number of hydrogen-bond donors (Lipinski definition) is 3. The third kappa shape index (κ3) is 3.04. The number of aromatic amines is 1. The van der Waals surface area contributed by atoms with Gasteiger partial charge in [0.15, 0.2) is 0 Å². The molecule has 5 heteroatoms. The van der Waals surface area contributed by atoms with Gasteiger partial charge in [0, 0.05) is 17.5 Å². The first-order valence-electron chi connectivity index (χ1n) is 5.56. The molecule has 1 amide bonds. The van der Waals surface area contributed by atoms with Crippen LogP contribution in [-0.2, 0) is 4.79 Å². The molecule has 1 aromatic carbocycles. The van der Waals surface area contributed by atoms with Crippen molar-refractivity contribution in [3.8, 4) is 0 Å². The van der Waals surface area contributed by atoms with E-state index in [-0.39, 0.29) is 5.91 Å². The SMILES string of the molecule is CC(O)CCC(=O)Nc1ccc2[nH]ncc2c1. The fourth-order valence-electron chi connectivity index (χ4n) is 1.58. The van der Waals surface area contributed by atoms with Crippen LogP contribution in [0.3, 0.4) is 0 Å². The average Bonchev–Trinajstić information content (AvgIpc) is 2.73. The lowest BCUT2D eigenvalue weighted by Crippen LogP contribution is -2.13. The summed E-state index contributed by atoms with van der Waals surface area (Å²) in [5, 5.41) is 19.6. The molecule has 2 aromatic rings. The molecule has 3 N–H and O–H groups in total. The molecule has 2 rings (SSSR count). The number of aromatic nitrogens is 2. The van der Waals surface area contributed by atoms with Crippen LogP contribution >= 0.6 is 0 Å². The van der Waals surface area contributed by atoms with E-state index in [1.54, 1.807) is 13.1 Å². The topological polar surface area (TPSA) is 78.0 Å². The number of hydrogen-bond acceptors (Lipinski definition) is 3. The van der Waals surface area contributed by atoms with Crippen molar-refractivity contribution in [3.05, 3.63) is 24.4 Å². The number of aliphatic hydroxyl groups is 1. The Morgan fingerprint density at radius 3 is 3.18 bits per heavy atom. The Kier molecular flexibility index (Phi) is 3.39. The number of amides is 1. The monoisotopic (exact) mass is 233 g/mol. The highest BCUT2D eigenvalue weighted by Gasteiger charge is 2.05. The van der Waals surface area contributed by atoms with E-state index in [0.29, 0.717) is 12.8 Å². The van der Waals surface area contributed by atoms with Gasteiger partial charge in [-0.05, 0) is 31.5 Å². The van der Waals surface area contributed by atoms with Crippen LogP contribution in [0.15, 0.2) is 24.4 Å². The fourth-order valence-corrected chi connectivity index (χ4v) is 1.58. The van der Waals surface area contributed by atoms with E-state index < -0.39 is 6.10 Å². The minimum atomic E-state index is -0.447. The number of benzene rings is 1. The molecule has 90 valence electrons. The second kappa shape index (κ2) is 4.97. The third-order valence-corrected chi connectivity index (χ3v) is 2.51. The van der Waals surface area contributed by atoms with Crippen molar-refractivity contribution in [3.63, 3.8) is 0 Å². The molecule has 17 heavy (non-hydrogen) atoms. The first kappa shape index (κ1) is 11.6. The Labute approximate surface area is 98.8 Å². The Balaban J connectivity index is 2.00. The Morgan fingerprint density at radius 2 is 2.41 bits per heavy atom. The minimum absolute atomic E-state index is 0.0891. The van der Waals surface area contributed by atoms with Gasteiger partial charge in [-0.3, -0.25) is 9.89 Å². The van der Waals surface area contributed by atoms with Crippen molar-refractivity contribution in [2.75, 3.05) is 5.32 Å². The maximum absolute atomic E-state index is 11.5. The van der Waals surface area contributed by atoms with Crippen molar-refractivity contribution < 1.29 is 9.90 Å². The average molecular weight is 233 g/mol. The molecule has 5 nitrogen and oxygen atoms in total. The predicted molar refractivity (Wildman–Crippen MR) is 65.6 cm³/mol. The number of anilines is 1. The maximum atomic E-state index is 11.5. The first-order valence-corrected chi connectivity index (χ1v) is 5.56. The van der Waals surface area contributed by atoms with Crippen LogP contribution in [0.4, 0.5) is 5.69 Å². The van der Waals surface area contributed by atoms with E-state index in [0.717, 1.165) is 16.6 Å². The Hall–Kier alpha value is -1.88. The van der Waals surface area contributed by atoms with Gasteiger partial charge in [-0.15, -0.1) is 0 Å². The normalized spacial score (nSPS) is 12.6. The highest BCUT2D eigenvalue weighted by atomic mass is 16.3. The fraction of sp³-hybridized carbons (Fsp3) is 0.333. The standard InChI is InChI=1S/C12H15N3O2/c1-8(16)2-5-12(17)14-10-3-4-11-9(6-10)7-13-15-11/h3-4,6-8,16H,2,5H2,1H3,(H,13,15)(H,14,17). The molecule has 0 saturated carbocycles. The van der Waals surface area contributed by atoms with E-state index in [2.05, 4.69) is 15.5 Å². The quantitative estimate of drug-likeness (QED) is 0.751. The highest BCUT2D eigenvalue weighted by molar-refractivity contribution is 5.93. The second-order valence-corrected chi connectivity index (χ2v) is 4.11. The van der Waals surface area contributed by atoms with Gasteiger partial charge in [0.2, 0.25) is 5.91 Å². The van der Waals surface area contributed by atoms with E-state index in [1.165, 1.54) is 0 Å². The second-order valence-electron chi connectivity index (χ2n) is 4.11. The number of nitrogens with one attached hydrogen (secondary N) is 2. The lowest BCUT2D eigenvalue weighted by molar-refractivity contribution is -0.116. The molecule has 0 aliphatic carbocycles. The zero-order valence-corrected chi connectivity index (χ0v) is 9.60. The summed E-state index contributed by atoms with van der Waals surface area (Å²) in [5.41, 5.74) is 1.68. The summed E-state index contributed by atoms with van der Waals surface area (Å²) in [7, 11) is 0. The number of fused-ring (bicyclic) bond motifs is 1. The summed E-state index contributed by atoms with van der Waals surface area (Å²) in [5.74, 6) is -0.0891. The zero-order chi connectivity index (χ0) is 12.3. The number of nitrogens with zero attached hydrogens (tertiary/aromatic N) is 1. The van der Waals surface area contributed by atoms with Crippen LogP contribution < -0.4 is 5.32 Å². The van der Waals surface area contributed by atoms with Crippen molar-refractivity contribution in [2.45, 2.75) is 25.9 Å². The van der Waals surface area contributed by atoms with Crippen LogP contribution in [0.2, 0.25) is 0 Å². The molecule has 1 aromatic heterocycles. The number of carbonyl (C=O) groups excluding carboxylic acids is 1. The van der Waals surface area contributed by atoms with Gasteiger partial charge in [0.1, 0.15) is 0 Å². The first-order chi connectivity index (χ1) is 8.15. The van der Waals surface area contributed by atoms with Crippen molar-refractivity contribution in [1.82, 2.24) is 10.2 Å². The van der Waals surface area contributed by atoms with Gasteiger partial charge in [-0.2, -0.15) is 5.10 Å². The molecular formula is C12H15N3O2. The van der Waals surface area contributed by atoms with Crippen molar-refractivity contribution in [2.24, 2.45) is 0 Å². The number of aliphatic hydroxyl groups excluding tert-OH is 1. The number of carbonyl (C=O) groups is 1. The van der Waals surface area contributed by atoms with E-state index in [9.17, 15) is 4.79 Å². The summed E-state index contributed by atoms with van der Waals surface area (Å²) in [4.78, 5) is 11.5. The summed E-state index contributed by atoms with van der Waals surface area (Å²) < 4.78 is 0. The number of H-pyrrole nitrogens is 1. The molecule has 0 spiro atoms. The van der Waals surface area contributed by atoms with Crippen molar-refractivity contribution >= 4 is 22.5 Å². The van der Waals surface area contributed by atoms with Gasteiger partial charge in [-0.1, -0.05) is 0 Å². The zero-order valence-electron chi connectivity index (χ0n) is 9.60. The van der Waals surface area contributed by atoms with Crippen LogP contribution in [0.1, 0.15) is 19.8 Å². The van der Waals surface area contributed by atoms with Gasteiger partial charge in [0.25, 0.3) is 0 Å². The molecule has 1 atom stereocenters. The minimum Gasteiger partial charge on any atom is -0.393 e. The summed E-state index contributed by atoms with van der Waals surface area (Å²) >= 11 is 0. The Bertz CT molecular complexity index is 519. The molecule has 1 unspecified atom stereocenters. The van der Waals surface area contributed by atoms with Crippen LogP contribution in [-0.4, -0.2) is 27.3 Å². The van der Waals surface area contributed by atoms with E-state index in [1.807, 2.05) is 18.2 Å². The van der Waals surface area contributed by atoms with Crippen LogP contribution in [0.25, 0.3) is 10.9 Å². The van der Waals surface area contributed by atoms with Gasteiger partial charge in [-0.25, -0.2) is 0 Å². The summed E-state index contributed by atoms with van der Waals surface area (Å²) in [6.07, 6.45) is 2.05. The van der Waals surface area contributed by atoms with Gasteiger partial charge < -0.3 is 10.4 Å². The van der Waals surface area contributed by atoms with E-state index in [4.69, 9.17) is 5.11 Å². The van der Waals surface area contributed by atoms with E-state index >= 15 is 0 Å². The van der Waals surface area contributed by atoms with Gasteiger partial charge in [0.05, 0.1) is 17.8 Å². The smallest absolute Gasteiger partial charge is 0.224 e.